The Labute approximate surface area is 105 Å². The Hall–Kier alpha value is -0.940. The lowest BCUT2D eigenvalue weighted by atomic mass is 9.84. The maximum absolute atomic E-state index is 10.9. The average molecular weight is 255 g/mol. The molecule has 2 rings (SSSR count). The van der Waals surface area contributed by atoms with E-state index in [0.29, 0.717) is 17.1 Å². The van der Waals surface area contributed by atoms with Crippen molar-refractivity contribution in [1.29, 1.82) is 0 Å². The molecular weight excluding hydrogens is 238 g/mol. The highest BCUT2D eigenvalue weighted by Crippen LogP contribution is 2.42. The van der Waals surface area contributed by atoms with Crippen LogP contribution >= 0.6 is 11.8 Å². The summed E-state index contributed by atoms with van der Waals surface area (Å²) in [4.78, 5) is 10.9. The predicted molar refractivity (Wildman–Crippen MR) is 67.5 cm³/mol. The average Bonchev–Trinajstić information content (AvgIpc) is 2.70. The molecule has 17 heavy (non-hydrogen) atoms. The van der Waals surface area contributed by atoms with E-state index in [4.69, 9.17) is 9.52 Å². The van der Waals surface area contributed by atoms with Gasteiger partial charge in [0, 0.05) is 11.3 Å². The van der Waals surface area contributed by atoms with Crippen LogP contribution in [0.4, 0.5) is 0 Å². The van der Waals surface area contributed by atoms with Crippen LogP contribution in [0, 0.1) is 0 Å². The molecule has 1 aliphatic carbocycles. The summed E-state index contributed by atoms with van der Waals surface area (Å²) in [6.07, 6.45) is 7.34. The van der Waals surface area contributed by atoms with Gasteiger partial charge < -0.3 is 14.8 Å². The normalized spacial score (nSPS) is 17.7. The molecule has 5 heteroatoms. The fourth-order valence-electron chi connectivity index (χ4n) is 2.10. The van der Waals surface area contributed by atoms with E-state index >= 15 is 0 Å². The first-order valence-corrected chi connectivity index (χ1v) is 6.95. The second-order valence-electron chi connectivity index (χ2n) is 4.41. The second-order valence-corrected chi connectivity index (χ2v) is 5.68. The number of hydrogen-bond acceptors (Lipinski definition) is 4. The van der Waals surface area contributed by atoms with Crippen molar-refractivity contribution in [3.63, 3.8) is 0 Å². The van der Waals surface area contributed by atoms with Crippen molar-refractivity contribution in [2.75, 3.05) is 12.8 Å². The molecule has 1 fully saturated rings. The van der Waals surface area contributed by atoms with Crippen molar-refractivity contribution in [2.24, 2.45) is 0 Å². The molecule has 0 amide bonds. The molecule has 1 heterocycles. The van der Waals surface area contributed by atoms with Crippen LogP contribution in [0.2, 0.25) is 0 Å². The quantitative estimate of drug-likeness (QED) is 0.817. The number of furan rings is 1. The van der Waals surface area contributed by atoms with Crippen LogP contribution in [0.15, 0.2) is 16.7 Å². The molecule has 0 saturated heterocycles. The fourth-order valence-corrected chi connectivity index (χ4v) is 3.04. The number of nitrogens with one attached hydrogen (secondary N) is 1. The SMILES string of the molecule is CSC1(CNCc2occc2C(=O)O)CCC1. The van der Waals surface area contributed by atoms with E-state index in [-0.39, 0.29) is 5.56 Å². The van der Waals surface area contributed by atoms with Crippen LogP contribution in [-0.4, -0.2) is 28.6 Å². The summed E-state index contributed by atoms with van der Waals surface area (Å²) in [5, 5.41) is 12.2. The Bertz CT molecular complexity index is 393. The first-order valence-electron chi connectivity index (χ1n) is 5.72. The highest BCUT2D eigenvalue weighted by atomic mass is 32.2. The number of carboxylic acid groups (broad SMARTS) is 1. The molecule has 0 bridgehead atoms. The van der Waals surface area contributed by atoms with Gasteiger partial charge >= 0.3 is 5.97 Å². The number of thioether (sulfide) groups is 1. The third kappa shape index (κ3) is 2.66. The van der Waals surface area contributed by atoms with Gasteiger partial charge in [0.1, 0.15) is 11.3 Å². The van der Waals surface area contributed by atoms with Gasteiger partial charge in [-0.1, -0.05) is 6.42 Å². The van der Waals surface area contributed by atoms with Gasteiger partial charge in [-0.25, -0.2) is 4.79 Å². The molecule has 1 aromatic heterocycles. The van der Waals surface area contributed by atoms with Crippen LogP contribution in [0.5, 0.6) is 0 Å². The summed E-state index contributed by atoms with van der Waals surface area (Å²) in [6.45, 7) is 1.39. The fraction of sp³-hybridized carbons (Fsp3) is 0.583. The lowest BCUT2D eigenvalue weighted by Gasteiger charge is -2.40. The van der Waals surface area contributed by atoms with Crippen LogP contribution in [-0.2, 0) is 6.54 Å². The van der Waals surface area contributed by atoms with E-state index in [0.717, 1.165) is 6.54 Å². The summed E-state index contributed by atoms with van der Waals surface area (Å²) in [5.74, 6) is -0.424. The highest BCUT2D eigenvalue weighted by Gasteiger charge is 2.35. The van der Waals surface area contributed by atoms with Crippen molar-refractivity contribution in [3.8, 4) is 0 Å². The number of hydrogen-bond donors (Lipinski definition) is 2. The number of rotatable bonds is 6. The second kappa shape index (κ2) is 5.14. The zero-order valence-corrected chi connectivity index (χ0v) is 10.7. The molecule has 94 valence electrons. The number of aromatic carboxylic acids is 1. The van der Waals surface area contributed by atoms with E-state index in [1.165, 1.54) is 31.6 Å². The maximum atomic E-state index is 10.9. The van der Waals surface area contributed by atoms with E-state index in [2.05, 4.69) is 11.6 Å². The van der Waals surface area contributed by atoms with Crippen LogP contribution in [0.25, 0.3) is 0 Å². The summed E-state index contributed by atoms with van der Waals surface area (Å²) < 4.78 is 5.53. The highest BCUT2D eigenvalue weighted by molar-refractivity contribution is 8.00. The molecule has 1 saturated carbocycles. The minimum absolute atomic E-state index is 0.254. The van der Waals surface area contributed by atoms with Crippen molar-refractivity contribution >= 4 is 17.7 Å². The van der Waals surface area contributed by atoms with Crippen LogP contribution in [0.3, 0.4) is 0 Å². The Morgan fingerprint density at radius 2 is 2.41 bits per heavy atom. The third-order valence-corrected chi connectivity index (χ3v) is 4.82. The number of carboxylic acids is 1. The van der Waals surface area contributed by atoms with Crippen molar-refractivity contribution < 1.29 is 14.3 Å². The van der Waals surface area contributed by atoms with Crippen LogP contribution in [0.1, 0.15) is 35.4 Å². The summed E-state index contributed by atoms with van der Waals surface area (Å²) in [5.41, 5.74) is 0.254. The Balaban J connectivity index is 1.85. The molecule has 1 aliphatic rings. The third-order valence-electron chi connectivity index (χ3n) is 3.41. The van der Waals surface area contributed by atoms with Gasteiger partial charge in [-0.2, -0.15) is 11.8 Å². The smallest absolute Gasteiger partial charge is 0.339 e. The van der Waals surface area contributed by atoms with Gasteiger partial charge in [-0.05, 0) is 25.2 Å². The minimum Gasteiger partial charge on any atom is -0.478 e. The molecule has 0 atom stereocenters. The molecule has 4 nitrogen and oxygen atoms in total. The lowest BCUT2D eigenvalue weighted by Crippen LogP contribution is -2.43. The monoisotopic (exact) mass is 255 g/mol. The van der Waals surface area contributed by atoms with Gasteiger partial charge in [0.2, 0.25) is 0 Å². The van der Waals surface area contributed by atoms with Crippen LogP contribution < -0.4 is 5.32 Å². The molecule has 2 N–H and O–H groups in total. The molecule has 1 aromatic rings. The Kier molecular flexibility index (Phi) is 3.79. The van der Waals surface area contributed by atoms with E-state index < -0.39 is 5.97 Å². The summed E-state index contributed by atoms with van der Waals surface area (Å²) in [7, 11) is 0. The Morgan fingerprint density at radius 1 is 1.65 bits per heavy atom. The zero-order valence-electron chi connectivity index (χ0n) is 9.86. The lowest BCUT2D eigenvalue weighted by molar-refractivity contribution is 0.0694. The Morgan fingerprint density at radius 3 is 2.94 bits per heavy atom. The topological polar surface area (TPSA) is 62.5 Å². The summed E-state index contributed by atoms with van der Waals surface area (Å²) >= 11 is 1.90. The van der Waals surface area contributed by atoms with Gasteiger partial charge in [-0.3, -0.25) is 0 Å². The molecular formula is C12H17NO3S. The summed E-state index contributed by atoms with van der Waals surface area (Å²) in [6, 6.07) is 1.49. The molecule has 0 aromatic carbocycles. The van der Waals surface area contributed by atoms with Gasteiger partial charge in [0.05, 0.1) is 12.8 Å². The first kappa shape index (κ1) is 12.5. The van der Waals surface area contributed by atoms with E-state index in [1.807, 2.05) is 11.8 Å². The molecule has 0 radical (unpaired) electrons. The maximum Gasteiger partial charge on any atom is 0.339 e. The van der Waals surface area contributed by atoms with E-state index in [9.17, 15) is 4.79 Å². The standard InChI is InChI=1S/C12H17NO3S/c1-17-12(4-2-5-12)8-13-7-10-9(11(14)15)3-6-16-10/h3,6,13H,2,4-5,7-8H2,1H3,(H,14,15). The van der Waals surface area contributed by atoms with Gasteiger partial charge in [-0.15, -0.1) is 0 Å². The molecule has 0 unspecified atom stereocenters. The van der Waals surface area contributed by atoms with Gasteiger partial charge in [0.15, 0.2) is 0 Å². The largest absolute Gasteiger partial charge is 0.478 e. The number of carbonyl (C=O) groups is 1. The molecule has 0 aliphatic heterocycles. The van der Waals surface area contributed by atoms with Crippen molar-refractivity contribution in [3.05, 3.63) is 23.7 Å². The van der Waals surface area contributed by atoms with Crippen molar-refractivity contribution in [1.82, 2.24) is 5.32 Å². The first-order chi connectivity index (χ1) is 8.17. The van der Waals surface area contributed by atoms with Gasteiger partial charge in [0.25, 0.3) is 0 Å². The van der Waals surface area contributed by atoms with E-state index in [1.54, 1.807) is 0 Å². The zero-order chi connectivity index (χ0) is 12.3. The van der Waals surface area contributed by atoms with Crippen molar-refractivity contribution in [2.45, 2.75) is 30.6 Å². The molecule has 0 spiro atoms. The predicted octanol–water partition coefficient (Wildman–Crippen LogP) is 2.35. The minimum atomic E-state index is -0.932.